The van der Waals surface area contributed by atoms with Gasteiger partial charge in [-0.25, -0.2) is 14.6 Å². The number of benzene rings is 1. The van der Waals surface area contributed by atoms with Crippen molar-refractivity contribution >= 4 is 23.5 Å². The Kier molecular flexibility index (Phi) is 5.53. The first-order valence-corrected chi connectivity index (χ1v) is 9.62. The molecular weight excluding hydrogens is 392 g/mol. The highest BCUT2D eigenvalue weighted by molar-refractivity contribution is 6.30. The summed E-state index contributed by atoms with van der Waals surface area (Å²) in [5.74, 6) is 0.523. The monoisotopic (exact) mass is 410 g/mol. The van der Waals surface area contributed by atoms with Gasteiger partial charge >= 0.3 is 0 Å². The Hall–Kier alpha value is -3.26. The SMILES string of the molecule is O=C(Cn1nc(-c2ccc(Cl)cc2)ccc1=O)N1CCN(c2ncccn2)CC1. The summed E-state index contributed by atoms with van der Waals surface area (Å²) in [5, 5.41) is 4.98. The molecule has 1 aliphatic rings. The molecule has 0 N–H and O–H groups in total. The normalized spacial score (nSPS) is 14.1. The molecule has 0 radical (unpaired) electrons. The van der Waals surface area contributed by atoms with Crippen LogP contribution in [0.5, 0.6) is 0 Å². The lowest BCUT2D eigenvalue weighted by Gasteiger charge is -2.34. The van der Waals surface area contributed by atoms with Crippen molar-refractivity contribution in [2.75, 3.05) is 31.1 Å². The number of nitrogens with zero attached hydrogens (tertiary/aromatic N) is 6. The van der Waals surface area contributed by atoms with Crippen LogP contribution in [0, 0.1) is 0 Å². The highest BCUT2D eigenvalue weighted by Crippen LogP contribution is 2.18. The van der Waals surface area contributed by atoms with Crippen LogP contribution in [0.25, 0.3) is 11.3 Å². The van der Waals surface area contributed by atoms with E-state index in [1.165, 1.54) is 10.7 Å². The third-order valence-electron chi connectivity index (χ3n) is 4.76. The number of halogens is 1. The van der Waals surface area contributed by atoms with Crippen molar-refractivity contribution < 1.29 is 4.79 Å². The van der Waals surface area contributed by atoms with Crippen LogP contribution >= 0.6 is 11.6 Å². The van der Waals surface area contributed by atoms with Crippen LogP contribution in [-0.2, 0) is 11.3 Å². The molecule has 0 unspecified atom stereocenters. The lowest BCUT2D eigenvalue weighted by Crippen LogP contribution is -2.50. The molecule has 0 spiro atoms. The van der Waals surface area contributed by atoms with Gasteiger partial charge in [0.2, 0.25) is 11.9 Å². The number of anilines is 1. The van der Waals surface area contributed by atoms with Crippen LogP contribution in [0.2, 0.25) is 5.02 Å². The van der Waals surface area contributed by atoms with Gasteiger partial charge in [-0.1, -0.05) is 23.7 Å². The zero-order chi connectivity index (χ0) is 20.2. The Bertz CT molecular complexity index is 1050. The molecule has 4 rings (SSSR count). The molecule has 2 aromatic heterocycles. The van der Waals surface area contributed by atoms with E-state index in [2.05, 4.69) is 15.1 Å². The maximum absolute atomic E-state index is 12.7. The van der Waals surface area contributed by atoms with E-state index in [1.54, 1.807) is 41.6 Å². The van der Waals surface area contributed by atoms with Crippen LogP contribution in [-0.4, -0.2) is 56.7 Å². The van der Waals surface area contributed by atoms with E-state index >= 15 is 0 Å². The number of aromatic nitrogens is 4. The topological polar surface area (TPSA) is 84.2 Å². The van der Waals surface area contributed by atoms with Crippen molar-refractivity contribution in [3.8, 4) is 11.3 Å². The van der Waals surface area contributed by atoms with Gasteiger partial charge in [-0.15, -0.1) is 0 Å². The number of amides is 1. The number of hydrogen-bond acceptors (Lipinski definition) is 6. The molecule has 29 heavy (non-hydrogen) atoms. The largest absolute Gasteiger partial charge is 0.338 e. The van der Waals surface area contributed by atoms with Crippen molar-refractivity contribution in [3.63, 3.8) is 0 Å². The Morgan fingerprint density at radius 2 is 1.66 bits per heavy atom. The van der Waals surface area contributed by atoms with Crippen molar-refractivity contribution in [3.05, 3.63) is 70.2 Å². The zero-order valence-corrected chi connectivity index (χ0v) is 16.4. The minimum Gasteiger partial charge on any atom is -0.338 e. The first-order chi connectivity index (χ1) is 14.1. The van der Waals surface area contributed by atoms with E-state index in [0.29, 0.717) is 42.8 Å². The standard InChI is InChI=1S/C20H19ClN6O2/c21-16-4-2-15(3-5-16)17-6-7-18(28)27(24-17)14-19(29)25-10-12-26(13-11-25)20-22-8-1-9-23-20/h1-9H,10-14H2. The van der Waals surface area contributed by atoms with E-state index in [9.17, 15) is 9.59 Å². The zero-order valence-electron chi connectivity index (χ0n) is 15.6. The average molecular weight is 411 g/mol. The van der Waals surface area contributed by atoms with Crippen molar-refractivity contribution in [1.29, 1.82) is 0 Å². The molecule has 3 heterocycles. The quantitative estimate of drug-likeness (QED) is 0.651. The molecule has 1 aliphatic heterocycles. The second-order valence-corrected chi connectivity index (χ2v) is 7.07. The second-order valence-electron chi connectivity index (χ2n) is 6.64. The summed E-state index contributed by atoms with van der Waals surface area (Å²) >= 11 is 5.92. The fourth-order valence-corrected chi connectivity index (χ4v) is 3.30. The Morgan fingerprint density at radius 1 is 0.966 bits per heavy atom. The van der Waals surface area contributed by atoms with Crippen molar-refractivity contribution in [1.82, 2.24) is 24.6 Å². The predicted octanol–water partition coefficient (Wildman–Crippen LogP) is 1.70. The Balaban J connectivity index is 1.43. The highest BCUT2D eigenvalue weighted by atomic mass is 35.5. The summed E-state index contributed by atoms with van der Waals surface area (Å²) in [6.07, 6.45) is 3.40. The molecule has 1 saturated heterocycles. The van der Waals surface area contributed by atoms with E-state index in [4.69, 9.17) is 11.6 Å². The minimum absolute atomic E-state index is 0.0951. The van der Waals surface area contributed by atoms with Crippen LogP contribution in [0.15, 0.2) is 59.7 Å². The van der Waals surface area contributed by atoms with Crippen LogP contribution < -0.4 is 10.5 Å². The van der Waals surface area contributed by atoms with Gasteiger partial charge in [-0.3, -0.25) is 9.59 Å². The number of carbonyl (C=O) groups excluding carboxylic acids is 1. The van der Waals surface area contributed by atoms with Crippen molar-refractivity contribution in [2.45, 2.75) is 6.54 Å². The summed E-state index contributed by atoms with van der Waals surface area (Å²) in [6, 6.07) is 12.0. The molecule has 0 atom stereocenters. The van der Waals surface area contributed by atoms with E-state index < -0.39 is 0 Å². The average Bonchev–Trinajstić information content (AvgIpc) is 2.76. The van der Waals surface area contributed by atoms with Gasteiger partial charge in [0, 0.05) is 55.2 Å². The number of carbonyl (C=O) groups is 1. The van der Waals surface area contributed by atoms with Gasteiger partial charge in [0.25, 0.3) is 5.56 Å². The van der Waals surface area contributed by atoms with Crippen LogP contribution in [0.4, 0.5) is 5.95 Å². The predicted molar refractivity (Wildman–Crippen MR) is 110 cm³/mol. The fourth-order valence-electron chi connectivity index (χ4n) is 3.18. The number of rotatable bonds is 4. The van der Waals surface area contributed by atoms with Gasteiger partial charge in [0.1, 0.15) is 6.54 Å². The summed E-state index contributed by atoms with van der Waals surface area (Å²) < 4.78 is 1.21. The molecule has 3 aromatic rings. The maximum Gasteiger partial charge on any atom is 0.267 e. The first kappa shape index (κ1) is 19.1. The molecule has 1 fully saturated rings. The van der Waals surface area contributed by atoms with Gasteiger partial charge < -0.3 is 9.80 Å². The van der Waals surface area contributed by atoms with Crippen LogP contribution in [0.1, 0.15) is 0 Å². The van der Waals surface area contributed by atoms with E-state index in [-0.39, 0.29) is 18.0 Å². The molecule has 148 valence electrons. The smallest absolute Gasteiger partial charge is 0.267 e. The first-order valence-electron chi connectivity index (χ1n) is 9.24. The van der Waals surface area contributed by atoms with E-state index in [1.807, 2.05) is 17.0 Å². The lowest BCUT2D eigenvalue weighted by atomic mass is 10.1. The summed E-state index contributed by atoms with van der Waals surface area (Å²) in [6.45, 7) is 2.28. The molecule has 0 aliphatic carbocycles. The lowest BCUT2D eigenvalue weighted by molar-refractivity contribution is -0.132. The van der Waals surface area contributed by atoms with Gasteiger partial charge in [0.05, 0.1) is 5.69 Å². The third-order valence-corrected chi connectivity index (χ3v) is 5.01. The minimum atomic E-state index is -0.313. The molecule has 1 aromatic carbocycles. The molecule has 1 amide bonds. The summed E-state index contributed by atoms with van der Waals surface area (Å²) in [4.78, 5) is 37.2. The molecular formula is C20H19ClN6O2. The highest BCUT2D eigenvalue weighted by Gasteiger charge is 2.23. The van der Waals surface area contributed by atoms with Crippen molar-refractivity contribution in [2.24, 2.45) is 0 Å². The number of piperazine rings is 1. The third kappa shape index (κ3) is 4.43. The van der Waals surface area contributed by atoms with E-state index in [0.717, 1.165) is 5.56 Å². The van der Waals surface area contributed by atoms with Gasteiger partial charge in [-0.2, -0.15) is 5.10 Å². The van der Waals surface area contributed by atoms with Gasteiger partial charge in [-0.05, 0) is 24.3 Å². The Labute approximate surface area is 172 Å². The molecule has 0 bridgehead atoms. The second kappa shape index (κ2) is 8.40. The molecule has 8 nitrogen and oxygen atoms in total. The molecule has 9 heteroatoms. The summed E-state index contributed by atoms with van der Waals surface area (Å²) in [7, 11) is 0. The fraction of sp³-hybridized carbons (Fsp3) is 0.250. The molecule has 0 saturated carbocycles. The number of hydrogen-bond donors (Lipinski definition) is 0. The maximum atomic E-state index is 12.7. The summed E-state index contributed by atoms with van der Waals surface area (Å²) in [5.41, 5.74) is 1.12. The Morgan fingerprint density at radius 3 is 2.34 bits per heavy atom. The van der Waals surface area contributed by atoms with Gasteiger partial charge in [0.15, 0.2) is 0 Å². The van der Waals surface area contributed by atoms with Crippen LogP contribution in [0.3, 0.4) is 0 Å².